The standard InChI is InChI=1S/C28H31N3O4/c1-19-6-8-20(9-7-19)21-16-25(32)24(26(33)17-21)18-29-10-11-30-12-14-31(15-13-30)27-22-4-2-3-5-23(22)28(34)35-27/h2-9,18,21,27,32H,10-17H2,1H3/t21?,27-/m1/s1. The smallest absolute Gasteiger partial charge is 0.340 e. The van der Waals surface area contributed by atoms with Gasteiger partial charge in [-0.3, -0.25) is 19.6 Å². The number of aliphatic hydroxyl groups is 1. The number of aryl methyl sites for hydroxylation is 1. The van der Waals surface area contributed by atoms with E-state index in [1.54, 1.807) is 6.21 Å². The fraction of sp³-hybridized carbons (Fsp3) is 0.393. The fourth-order valence-electron chi connectivity index (χ4n) is 5.11. The molecule has 182 valence electrons. The zero-order valence-corrected chi connectivity index (χ0v) is 20.0. The number of aliphatic imine (C=N–C) groups is 1. The van der Waals surface area contributed by atoms with E-state index in [1.807, 2.05) is 55.5 Å². The van der Waals surface area contributed by atoms with Crippen molar-refractivity contribution in [2.75, 3.05) is 39.3 Å². The maximum atomic E-state index is 12.7. The Hall–Kier alpha value is -3.29. The van der Waals surface area contributed by atoms with Crippen LogP contribution in [0, 0.1) is 6.92 Å². The highest BCUT2D eigenvalue weighted by Gasteiger charge is 2.36. The zero-order chi connectivity index (χ0) is 24.4. The number of aliphatic hydroxyl groups excluding tert-OH is 1. The number of nitrogens with zero attached hydrogens (tertiary/aromatic N) is 3. The number of cyclic esters (lactones) is 1. The molecule has 7 heteroatoms. The van der Waals surface area contributed by atoms with Crippen LogP contribution in [-0.4, -0.2) is 72.1 Å². The second-order valence-electron chi connectivity index (χ2n) is 9.56. The van der Waals surface area contributed by atoms with Crippen molar-refractivity contribution in [2.45, 2.75) is 31.9 Å². The van der Waals surface area contributed by atoms with Crippen LogP contribution in [0.5, 0.6) is 0 Å². The topological polar surface area (TPSA) is 82.4 Å². The number of hydrogen-bond acceptors (Lipinski definition) is 7. The quantitative estimate of drug-likeness (QED) is 0.508. The average molecular weight is 474 g/mol. The molecular weight excluding hydrogens is 442 g/mol. The number of benzene rings is 2. The Morgan fingerprint density at radius 1 is 1.03 bits per heavy atom. The third-order valence-corrected chi connectivity index (χ3v) is 7.20. The zero-order valence-electron chi connectivity index (χ0n) is 20.0. The summed E-state index contributed by atoms with van der Waals surface area (Å²) < 4.78 is 5.62. The third kappa shape index (κ3) is 5.06. The number of carbonyl (C=O) groups is 2. The van der Waals surface area contributed by atoms with Crippen molar-refractivity contribution >= 4 is 18.0 Å². The number of ether oxygens (including phenoxy) is 1. The molecule has 1 N–H and O–H groups in total. The molecular formula is C28H31N3O4. The first kappa shape index (κ1) is 23.5. The molecule has 7 nitrogen and oxygen atoms in total. The maximum Gasteiger partial charge on any atom is 0.340 e. The summed E-state index contributed by atoms with van der Waals surface area (Å²) >= 11 is 0. The fourth-order valence-corrected chi connectivity index (χ4v) is 5.11. The van der Waals surface area contributed by atoms with Crippen molar-refractivity contribution in [3.05, 3.63) is 82.1 Å². The monoisotopic (exact) mass is 473 g/mol. The Labute approximate surface area is 205 Å². The molecule has 2 atom stereocenters. The SMILES string of the molecule is Cc1ccc(C2CC(=O)C(C=NCCN3CCN([C@@H]4OC(=O)c5ccccc54)CC3)=C(O)C2)cc1. The molecule has 1 saturated heterocycles. The predicted molar refractivity (Wildman–Crippen MR) is 134 cm³/mol. The number of hydrogen-bond donors (Lipinski definition) is 1. The van der Waals surface area contributed by atoms with Crippen LogP contribution in [0.25, 0.3) is 0 Å². The van der Waals surface area contributed by atoms with Gasteiger partial charge in [0.1, 0.15) is 5.76 Å². The molecule has 0 aromatic heterocycles. The Morgan fingerprint density at radius 2 is 1.77 bits per heavy atom. The lowest BCUT2D eigenvalue weighted by molar-refractivity contribution is -0.116. The summed E-state index contributed by atoms with van der Waals surface area (Å²) in [6.07, 6.45) is 2.11. The van der Waals surface area contributed by atoms with Crippen LogP contribution in [0.1, 0.15) is 52.0 Å². The van der Waals surface area contributed by atoms with Crippen LogP contribution < -0.4 is 0 Å². The number of piperazine rings is 1. The van der Waals surface area contributed by atoms with Gasteiger partial charge in [-0.15, -0.1) is 0 Å². The summed E-state index contributed by atoms with van der Waals surface area (Å²) in [6.45, 7) is 6.70. The first-order chi connectivity index (χ1) is 17.0. The van der Waals surface area contributed by atoms with Gasteiger partial charge >= 0.3 is 5.97 Å². The molecule has 0 saturated carbocycles. The van der Waals surface area contributed by atoms with Crippen LogP contribution in [0.3, 0.4) is 0 Å². The highest BCUT2D eigenvalue weighted by molar-refractivity contribution is 6.14. The van der Waals surface area contributed by atoms with Gasteiger partial charge in [0.2, 0.25) is 0 Å². The van der Waals surface area contributed by atoms with Gasteiger partial charge in [0, 0.05) is 57.3 Å². The van der Waals surface area contributed by atoms with Gasteiger partial charge in [-0.25, -0.2) is 4.79 Å². The van der Waals surface area contributed by atoms with Crippen LogP contribution in [0.15, 0.2) is 64.9 Å². The average Bonchev–Trinajstić information content (AvgIpc) is 3.20. The molecule has 2 aromatic rings. The maximum absolute atomic E-state index is 12.7. The van der Waals surface area contributed by atoms with E-state index in [-0.39, 0.29) is 29.7 Å². The Morgan fingerprint density at radius 3 is 2.51 bits per heavy atom. The van der Waals surface area contributed by atoms with Gasteiger partial charge in [-0.1, -0.05) is 48.0 Å². The van der Waals surface area contributed by atoms with Crippen molar-refractivity contribution in [3.8, 4) is 0 Å². The van der Waals surface area contributed by atoms with Crippen LogP contribution in [0.2, 0.25) is 0 Å². The lowest BCUT2D eigenvalue weighted by Crippen LogP contribution is -2.48. The van der Waals surface area contributed by atoms with Gasteiger partial charge < -0.3 is 9.84 Å². The van der Waals surface area contributed by atoms with Crippen molar-refractivity contribution in [3.63, 3.8) is 0 Å². The third-order valence-electron chi connectivity index (χ3n) is 7.20. The van der Waals surface area contributed by atoms with Crippen molar-refractivity contribution in [1.82, 2.24) is 9.80 Å². The van der Waals surface area contributed by atoms with Gasteiger partial charge in [-0.2, -0.15) is 0 Å². The number of carbonyl (C=O) groups excluding carboxylic acids is 2. The molecule has 1 unspecified atom stereocenters. The second kappa shape index (κ2) is 10.1. The minimum Gasteiger partial charge on any atom is -0.511 e. The summed E-state index contributed by atoms with van der Waals surface area (Å²) in [4.78, 5) is 33.8. The molecule has 1 fully saturated rings. The lowest BCUT2D eigenvalue weighted by atomic mass is 9.83. The van der Waals surface area contributed by atoms with E-state index in [1.165, 1.54) is 5.56 Å². The molecule has 2 aromatic carbocycles. The highest BCUT2D eigenvalue weighted by atomic mass is 16.6. The lowest BCUT2D eigenvalue weighted by Gasteiger charge is -2.37. The van der Waals surface area contributed by atoms with E-state index in [4.69, 9.17) is 4.74 Å². The van der Waals surface area contributed by atoms with E-state index < -0.39 is 0 Å². The van der Waals surface area contributed by atoms with E-state index in [9.17, 15) is 14.7 Å². The van der Waals surface area contributed by atoms with Crippen molar-refractivity contribution in [2.24, 2.45) is 4.99 Å². The molecule has 0 amide bonds. The van der Waals surface area contributed by atoms with Gasteiger partial charge in [0.15, 0.2) is 12.0 Å². The van der Waals surface area contributed by atoms with E-state index in [0.29, 0.717) is 30.5 Å². The number of esters is 1. The summed E-state index contributed by atoms with van der Waals surface area (Å²) in [5, 5.41) is 10.5. The minimum atomic E-state index is -0.296. The molecule has 5 rings (SSSR count). The molecule has 3 aliphatic rings. The van der Waals surface area contributed by atoms with E-state index in [2.05, 4.69) is 14.8 Å². The van der Waals surface area contributed by atoms with Gasteiger partial charge in [0.25, 0.3) is 0 Å². The Bertz CT molecular complexity index is 1160. The molecule has 0 bridgehead atoms. The van der Waals surface area contributed by atoms with Crippen LogP contribution >= 0.6 is 0 Å². The normalized spacial score (nSPS) is 23.7. The molecule has 1 aliphatic carbocycles. The van der Waals surface area contributed by atoms with Gasteiger partial charge in [-0.05, 0) is 24.5 Å². The van der Waals surface area contributed by atoms with Gasteiger partial charge in [0.05, 0.1) is 17.7 Å². The van der Waals surface area contributed by atoms with Crippen LogP contribution in [0.4, 0.5) is 0 Å². The molecule has 2 heterocycles. The van der Waals surface area contributed by atoms with Crippen molar-refractivity contribution in [1.29, 1.82) is 0 Å². The largest absolute Gasteiger partial charge is 0.511 e. The first-order valence-electron chi connectivity index (χ1n) is 12.3. The number of Topliss-reactive ketones (excluding diaryl/α,β-unsaturated/α-hetero) is 1. The van der Waals surface area contributed by atoms with E-state index >= 15 is 0 Å². The number of rotatable bonds is 6. The number of ketones is 1. The van der Waals surface area contributed by atoms with E-state index in [0.717, 1.165) is 43.9 Å². The molecule has 2 aliphatic heterocycles. The molecule has 0 radical (unpaired) electrons. The molecule has 35 heavy (non-hydrogen) atoms. The molecule has 0 spiro atoms. The Balaban J connectivity index is 1.10. The summed E-state index contributed by atoms with van der Waals surface area (Å²) in [5.41, 5.74) is 4.22. The first-order valence-corrected chi connectivity index (χ1v) is 12.3. The minimum absolute atomic E-state index is 0.0163. The van der Waals surface area contributed by atoms with Crippen molar-refractivity contribution < 1.29 is 19.4 Å². The highest BCUT2D eigenvalue weighted by Crippen LogP contribution is 2.34. The summed E-state index contributed by atoms with van der Waals surface area (Å²) in [7, 11) is 0. The summed E-state index contributed by atoms with van der Waals surface area (Å²) in [5.74, 6) is -0.149. The number of fused-ring (bicyclic) bond motifs is 1. The summed E-state index contributed by atoms with van der Waals surface area (Å²) in [6, 6.07) is 15.7. The Kier molecular flexibility index (Phi) is 6.79. The number of allylic oxidation sites excluding steroid dienone is 2. The predicted octanol–water partition coefficient (Wildman–Crippen LogP) is 3.81. The second-order valence-corrected chi connectivity index (χ2v) is 9.56. The van der Waals surface area contributed by atoms with Crippen LogP contribution in [-0.2, 0) is 9.53 Å².